The van der Waals surface area contributed by atoms with Gasteiger partial charge in [-0.15, -0.1) is 0 Å². The molecule has 0 saturated carbocycles. The van der Waals surface area contributed by atoms with Gasteiger partial charge in [0.2, 0.25) is 5.91 Å². The zero-order chi connectivity index (χ0) is 19.8. The Bertz CT molecular complexity index is 834. The van der Waals surface area contributed by atoms with Crippen LogP contribution in [0.2, 0.25) is 0 Å². The van der Waals surface area contributed by atoms with E-state index in [1.807, 2.05) is 0 Å². The average molecular weight is 377 g/mol. The fourth-order valence-electron chi connectivity index (χ4n) is 2.16. The van der Waals surface area contributed by atoms with E-state index < -0.39 is 12.6 Å². The van der Waals surface area contributed by atoms with Crippen molar-refractivity contribution in [2.45, 2.75) is 13.5 Å². The molecule has 0 fully saturated rings. The molecular formula is C19H17F2NO5. The van der Waals surface area contributed by atoms with Crippen molar-refractivity contribution in [3.8, 4) is 17.2 Å². The van der Waals surface area contributed by atoms with Crippen LogP contribution in [-0.4, -0.2) is 25.6 Å². The number of hydrogen-bond donors (Lipinski definition) is 1. The molecule has 0 unspecified atom stereocenters. The number of alkyl halides is 2. The van der Waals surface area contributed by atoms with Crippen molar-refractivity contribution in [2.24, 2.45) is 0 Å². The maximum Gasteiger partial charge on any atom is 0.387 e. The normalized spacial score (nSPS) is 10.7. The van der Waals surface area contributed by atoms with Gasteiger partial charge in [-0.1, -0.05) is 12.1 Å². The van der Waals surface area contributed by atoms with E-state index in [4.69, 9.17) is 9.47 Å². The van der Waals surface area contributed by atoms with Crippen molar-refractivity contribution in [1.82, 2.24) is 0 Å². The third-order valence-electron chi connectivity index (χ3n) is 3.23. The Hall–Kier alpha value is -3.42. The molecule has 8 heteroatoms. The third-order valence-corrected chi connectivity index (χ3v) is 3.23. The van der Waals surface area contributed by atoms with Crippen molar-refractivity contribution in [3.05, 3.63) is 54.1 Å². The molecule has 0 aliphatic carbocycles. The summed E-state index contributed by atoms with van der Waals surface area (Å²) in [6.45, 7) is -1.66. The number of esters is 1. The van der Waals surface area contributed by atoms with Crippen LogP contribution in [0.15, 0.2) is 48.5 Å². The number of rotatable bonds is 7. The smallest absolute Gasteiger partial charge is 0.387 e. The Balaban J connectivity index is 2.09. The molecule has 2 rings (SSSR count). The summed E-state index contributed by atoms with van der Waals surface area (Å²) >= 11 is 0. The van der Waals surface area contributed by atoms with Crippen molar-refractivity contribution in [1.29, 1.82) is 0 Å². The van der Waals surface area contributed by atoms with E-state index in [0.29, 0.717) is 5.69 Å². The number of amides is 1. The van der Waals surface area contributed by atoms with Crippen LogP contribution in [0.3, 0.4) is 0 Å². The molecule has 2 aromatic rings. The van der Waals surface area contributed by atoms with Gasteiger partial charge in [-0.2, -0.15) is 8.78 Å². The fourth-order valence-corrected chi connectivity index (χ4v) is 2.16. The molecule has 0 aliphatic rings. The quantitative estimate of drug-likeness (QED) is 0.450. The highest BCUT2D eigenvalue weighted by Gasteiger charge is 2.14. The summed E-state index contributed by atoms with van der Waals surface area (Å²) in [6.07, 6.45) is 2.36. The number of halogens is 2. The van der Waals surface area contributed by atoms with Crippen LogP contribution in [0.25, 0.3) is 6.08 Å². The molecule has 0 bridgehead atoms. The van der Waals surface area contributed by atoms with Gasteiger partial charge in [0.1, 0.15) is 5.75 Å². The molecule has 0 radical (unpaired) electrons. The summed E-state index contributed by atoms with van der Waals surface area (Å²) in [6, 6.07) is 10.7. The van der Waals surface area contributed by atoms with Gasteiger partial charge >= 0.3 is 12.6 Å². The molecular weight excluding hydrogens is 360 g/mol. The molecule has 142 valence electrons. The Morgan fingerprint density at radius 3 is 2.41 bits per heavy atom. The Kier molecular flexibility index (Phi) is 6.87. The lowest BCUT2D eigenvalue weighted by Crippen LogP contribution is -2.07. The lowest BCUT2D eigenvalue weighted by molar-refractivity contribution is -0.128. The molecule has 0 spiro atoms. The zero-order valence-corrected chi connectivity index (χ0v) is 14.6. The molecule has 1 amide bonds. The summed E-state index contributed by atoms with van der Waals surface area (Å²) in [5.74, 6) is -0.748. The minimum Gasteiger partial charge on any atom is -0.493 e. The molecule has 6 nitrogen and oxygen atoms in total. The van der Waals surface area contributed by atoms with Crippen LogP contribution >= 0.6 is 0 Å². The minimum atomic E-state index is -3.04. The number of carbonyl (C=O) groups is 2. The highest BCUT2D eigenvalue weighted by atomic mass is 19.3. The average Bonchev–Trinajstić information content (AvgIpc) is 2.61. The number of carbonyl (C=O) groups excluding carboxylic acids is 2. The number of ether oxygens (including phenoxy) is 3. The van der Waals surface area contributed by atoms with Gasteiger partial charge in [-0.3, -0.25) is 4.79 Å². The molecule has 0 saturated heterocycles. The molecule has 0 heterocycles. The monoisotopic (exact) mass is 377 g/mol. The van der Waals surface area contributed by atoms with Crippen molar-refractivity contribution < 1.29 is 32.6 Å². The maximum atomic E-state index is 12.6. The Labute approximate surface area is 154 Å². The van der Waals surface area contributed by atoms with Gasteiger partial charge in [0.25, 0.3) is 0 Å². The molecule has 1 N–H and O–H groups in total. The first-order valence-electron chi connectivity index (χ1n) is 7.78. The first kappa shape index (κ1) is 19.9. The van der Waals surface area contributed by atoms with E-state index in [-0.39, 0.29) is 28.7 Å². The number of methoxy groups -OCH3 is 1. The standard InChI is InChI=1S/C19H17F2NO5/c1-12(23)22-14-7-9-15(10-8-14)26-17(24)11-6-13-4-3-5-16(25-2)18(13)27-19(20)21/h3-11,19H,1-2H3,(H,22,23)/b11-6+. The van der Waals surface area contributed by atoms with Gasteiger partial charge in [-0.05, 0) is 36.4 Å². The lowest BCUT2D eigenvalue weighted by Gasteiger charge is -2.12. The fraction of sp³-hybridized carbons (Fsp3) is 0.158. The maximum absolute atomic E-state index is 12.6. The van der Waals surface area contributed by atoms with Crippen LogP contribution in [0.1, 0.15) is 12.5 Å². The lowest BCUT2D eigenvalue weighted by atomic mass is 10.1. The van der Waals surface area contributed by atoms with E-state index in [1.165, 1.54) is 44.4 Å². The summed E-state index contributed by atoms with van der Waals surface area (Å²) in [5.41, 5.74) is 0.788. The molecule has 2 aromatic carbocycles. The minimum absolute atomic E-state index is 0.111. The highest BCUT2D eigenvalue weighted by molar-refractivity contribution is 5.90. The van der Waals surface area contributed by atoms with Crippen molar-refractivity contribution >= 4 is 23.6 Å². The number of benzene rings is 2. The van der Waals surface area contributed by atoms with Crippen LogP contribution < -0.4 is 19.5 Å². The van der Waals surface area contributed by atoms with Gasteiger partial charge in [-0.25, -0.2) is 4.79 Å². The predicted molar refractivity (Wildman–Crippen MR) is 95.0 cm³/mol. The van der Waals surface area contributed by atoms with E-state index in [9.17, 15) is 18.4 Å². The molecule has 0 aromatic heterocycles. The van der Waals surface area contributed by atoms with Gasteiger partial charge < -0.3 is 19.5 Å². The van der Waals surface area contributed by atoms with Crippen molar-refractivity contribution in [3.63, 3.8) is 0 Å². The molecule has 27 heavy (non-hydrogen) atoms. The second-order valence-corrected chi connectivity index (χ2v) is 5.22. The number of hydrogen-bond acceptors (Lipinski definition) is 5. The second kappa shape index (κ2) is 9.33. The van der Waals surface area contributed by atoms with Gasteiger partial charge in [0.15, 0.2) is 11.5 Å². The van der Waals surface area contributed by atoms with Crippen LogP contribution in [0.4, 0.5) is 14.5 Å². The summed E-state index contributed by atoms with van der Waals surface area (Å²) < 4.78 is 39.8. The number of para-hydroxylation sites is 1. The first-order valence-corrected chi connectivity index (χ1v) is 7.78. The van der Waals surface area contributed by atoms with Gasteiger partial charge in [0.05, 0.1) is 7.11 Å². The van der Waals surface area contributed by atoms with E-state index >= 15 is 0 Å². The Morgan fingerprint density at radius 2 is 1.81 bits per heavy atom. The van der Waals surface area contributed by atoms with Crippen molar-refractivity contribution in [2.75, 3.05) is 12.4 Å². The first-order chi connectivity index (χ1) is 12.9. The van der Waals surface area contributed by atoms with E-state index in [0.717, 1.165) is 6.08 Å². The predicted octanol–water partition coefficient (Wildman–Crippen LogP) is 3.87. The SMILES string of the molecule is COc1cccc(/C=C/C(=O)Oc2ccc(NC(C)=O)cc2)c1OC(F)F. The Morgan fingerprint density at radius 1 is 1.11 bits per heavy atom. The van der Waals surface area contributed by atoms with Crippen LogP contribution in [0, 0.1) is 0 Å². The topological polar surface area (TPSA) is 73.9 Å². The second-order valence-electron chi connectivity index (χ2n) is 5.22. The zero-order valence-electron chi connectivity index (χ0n) is 14.6. The van der Waals surface area contributed by atoms with E-state index in [1.54, 1.807) is 18.2 Å². The van der Waals surface area contributed by atoms with E-state index in [2.05, 4.69) is 10.1 Å². The van der Waals surface area contributed by atoms with Gasteiger partial charge in [0, 0.05) is 24.3 Å². The van der Waals surface area contributed by atoms with Crippen LogP contribution in [-0.2, 0) is 9.59 Å². The molecule has 0 aliphatic heterocycles. The van der Waals surface area contributed by atoms with Crippen LogP contribution in [0.5, 0.6) is 17.2 Å². The highest BCUT2D eigenvalue weighted by Crippen LogP contribution is 2.33. The number of nitrogens with one attached hydrogen (secondary N) is 1. The summed E-state index contributed by atoms with van der Waals surface area (Å²) in [5, 5.41) is 2.58. The third kappa shape index (κ3) is 6.10. The summed E-state index contributed by atoms with van der Waals surface area (Å²) in [7, 11) is 1.32. The number of anilines is 1. The molecule has 0 atom stereocenters. The largest absolute Gasteiger partial charge is 0.493 e. The summed E-state index contributed by atoms with van der Waals surface area (Å²) in [4.78, 5) is 22.9.